The van der Waals surface area contributed by atoms with Gasteiger partial charge in [-0.1, -0.05) is 12.1 Å². The number of nitro benzene ring substituents is 1. The first-order valence-corrected chi connectivity index (χ1v) is 9.43. The van der Waals surface area contributed by atoms with Gasteiger partial charge < -0.3 is 4.74 Å². The van der Waals surface area contributed by atoms with E-state index in [9.17, 15) is 14.9 Å². The fourth-order valence-corrected chi connectivity index (χ4v) is 3.39. The minimum absolute atomic E-state index is 0.0198. The Balaban J connectivity index is 1.63. The van der Waals surface area contributed by atoms with Crippen molar-refractivity contribution in [2.24, 2.45) is 0 Å². The number of amides is 1. The van der Waals surface area contributed by atoms with Gasteiger partial charge in [0.2, 0.25) is 0 Å². The minimum Gasteiger partial charge on any atom is -0.483 e. The van der Waals surface area contributed by atoms with Gasteiger partial charge in [-0.15, -0.1) is 11.3 Å². The Kier molecular flexibility index (Phi) is 5.70. The number of aromatic nitrogens is 1. The fourth-order valence-electron chi connectivity index (χ4n) is 2.66. The van der Waals surface area contributed by atoms with Crippen molar-refractivity contribution in [1.82, 2.24) is 4.98 Å². The standard InChI is InChI=1S/C20H19N3O4S/c1-12-4-5-13(2)19(14(12)3)27-10-18(24)22-20-21-17(11-28-20)15-6-8-16(9-7-15)23(25)26/h4-9,11H,10H2,1-3H3,(H,21,22,24). The minimum atomic E-state index is -0.450. The lowest BCUT2D eigenvalue weighted by Crippen LogP contribution is -2.20. The molecule has 3 aromatic rings. The van der Waals surface area contributed by atoms with Gasteiger partial charge in [-0.2, -0.15) is 0 Å². The second-order valence-corrected chi connectivity index (χ2v) is 7.19. The zero-order valence-electron chi connectivity index (χ0n) is 15.7. The molecule has 0 aliphatic rings. The van der Waals surface area contributed by atoms with Crippen molar-refractivity contribution < 1.29 is 14.5 Å². The van der Waals surface area contributed by atoms with Crippen molar-refractivity contribution in [3.8, 4) is 17.0 Å². The van der Waals surface area contributed by atoms with Gasteiger partial charge in [0.05, 0.1) is 10.6 Å². The smallest absolute Gasteiger partial charge is 0.269 e. The lowest BCUT2D eigenvalue weighted by atomic mass is 10.1. The Bertz CT molecular complexity index is 1030. The summed E-state index contributed by atoms with van der Waals surface area (Å²) >= 11 is 1.28. The first kappa shape index (κ1) is 19.5. The molecule has 1 amide bonds. The number of carbonyl (C=O) groups is 1. The summed E-state index contributed by atoms with van der Waals surface area (Å²) in [6.07, 6.45) is 0. The van der Waals surface area contributed by atoms with Crippen LogP contribution in [0.4, 0.5) is 10.8 Å². The van der Waals surface area contributed by atoms with Gasteiger partial charge in [0, 0.05) is 23.1 Å². The maximum atomic E-state index is 12.2. The number of nitrogens with one attached hydrogen (secondary N) is 1. The van der Waals surface area contributed by atoms with E-state index in [1.807, 2.05) is 32.9 Å². The second-order valence-electron chi connectivity index (χ2n) is 6.33. The van der Waals surface area contributed by atoms with Crippen molar-refractivity contribution in [2.75, 3.05) is 11.9 Å². The molecule has 3 rings (SSSR count). The summed E-state index contributed by atoms with van der Waals surface area (Å²) in [7, 11) is 0. The summed E-state index contributed by atoms with van der Waals surface area (Å²) in [6, 6.07) is 10.1. The Morgan fingerprint density at radius 1 is 1.14 bits per heavy atom. The number of thiazole rings is 1. The molecule has 0 aliphatic heterocycles. The van der Waals surface area contributed by atoms with E-state index in [1.54, 1.807) is 17.5 Å². The van der Waals surface area contributed by atoms with Crippen LogP contribution in [-0.2, 0) is 4.79 Å². The van der Waals surface area contributed by atoms with Crippen LogP contribution in [0.3, 0.4) is 0 Å². The normalized spacial score (nSPS) is 10.5. The summed E-state index contributed by atoms with van der Waals surface area (Å²) in [5, 5.41) is 15.7. The number of rotatable bonds is 6. The van der Waals surface area contributed by atoms with Crippen LogP contribution in [0.15, 0.2) is 41.8 Å². The molecule has 0 bridgehead atoms. The highest BCUT2D eigenvalue weighted by atomic mass is 32.1. The van der Waals surface area contributed by atoms with E-state index < -0.39 is 4.92 Å². The summed E-state index contributed by atoms with van der Waals surface area (Å²) < 4.78 is 5.71. The molecular weight excluding hydrogens is 378 g/mol. The zero-order chi connectivity index (χ0) is 20.3. The van der Waals surface area contributed by atoms with Crippen LogP contribution in [0.2, 0.25) is 0 Å². The number of nitro groups is 1. The SMILES string of the molecule is Cc1ccc(C)c(OCC(=O)Nc2nc(-c3ccc([N+](=O)[O-])cc3)cs2)c1C. The van der Waals surface area contributed by atoms with Crippen molar-refractivity contribution in [2.45, 2.75) is 20.8 Å². The quantitative estimate of drug-likeness (QED) is 0.482. The van der Waals surface area contributed by atoms with Crippen LogP contribution >= 0.6 is 11.3 Å². The molecule has 0 spiro atoms. The molecule has 1 N–H and O–H groups in total. The topological polar surface area (TPSA) is 94.4 Å². The summed E-state index contributed by atoms with van der Waals surface area (Å²) in [5.41, 5.74) is 4.50. The van der Waals surface area contributed by atoms with Gasteiger partial charge >= 0.3 is 0 Å². The maximum absolute atomic E-state index is 12.2. The lowest BCUT2D eigenvalue weighted by Gasteiger charge is -2.13. The van der Waals surface area contributed by atoms with Crippen LogP contribution in [0.25, 0.3) is 11.3 Å². The predicted molar refractivity (Wildman–Crippen MR) is 109 cm³/mol. The molecule has 1 heterocycles. The molecule has 2 aromatic carbocycles. The third-order valence-electron chi connectivity index (χ3n) is 4.35. The molecule has 0 saturated heterocycles. The number of anilines is 1. The van der Waals surface area contributed by atoms with Crippen LogP contribution < -0.4 is 10.1 Å². The molecule has 0 atom stereocenters. The molecule has 8 heteroatoms. The number of non-ortho nitro benzene ring substituents is 1. The molecule has 0 saturated carbocycles. The molecule has 0 fully saturated rings. The van der Waals surface area contributed by atoms with E-state index in [-0.39, 0.29) is 18.2 Å². The highest BCUT2D eigenvalue weighted by Gasteiger charge is 2.12. The van der Waals surface area contributed by atoms with Gasteiger partial charge in [0.25, 0.3) is 11.6 Å². The Labute approximate surface area is 166 Å². The number of hydrogen-bond acceptors (Lipinski definition) is 6. The van der Waals surface area contributed by atoms with Gasteiger partial charge in [-0.05, 0) is 49.6 Å². The lowest BCUT2D eigenvalue weighted by molar-refractivity contribution is -0.384. The molecule has 144 valence electrons. The second kappa shape index (κ2) is 8.18. The molecule has 0 radical (unpaired) electrons. The van der Waals surface area contributed by atoms with Gasteiger partial charge in [0.1, 0.15) is 5.75 Å². The number of hydrogen-bond donors (Lipinski definition) is 1. The van der Waals surface area contributed by atoms with E-state index in [1.165, 1.54) is 23.5 Å². The molecule has 0 aliphatic carbocycles. The Morgan fingerprint density at radius 2 is 1.82 bits per heavy atom. The van der Waals surface area contributed by atoms with E-state index in [0.717, 1.165) is 28.0 Å². The van der Waals surface area contributed by atoms with Crippen LogP contribution in [-0.4, -0.2) is 22.4 Å². The predicted octanol–water partition coefficient (Wildman–Crippen LogP) is 4.66. The molecule has 7 nitrogen and oxygen atoms in total. The number of ether oxygens (including phenoxy) is 1. The van der Waals surface area contributed by atoms with Crippen LogP contribution in [0.1, 0.15) is 16.7 Å². The number of aryl methyl sites for hydroxylation is 2. The van der Waals surface area contributed by atoms with Crippen LogP contribution in [0, 0.1) is 30.9 Å². The number of benzene rings is 2. The van der Waals surface area contributed by atoms with Gasteiger partial charge in [-0.3, -0.25) is 20.2 Å². The average Bonchev–Trinajstić information content (AvgIpc) is 3.13. The molecular formula is C20H19N3O4S. The van der Waals surface area contributed by atoms with Crippen molar-refractivity contribution >= 4 is 28.1 Å². The zero-order valence-corrected chi connectivity index (χ0v) is 16.5. The summed E-state index contributed by atoms with van der Waals surface area (Å²) in [4.78, 5) is 26.9. The van der Waals surface area contributed by atoms with E-state index in [0.29, 0.717) is 10.8 Å². The van der Waals surface area contributed by atoms with Crippen molar-refractivity contribution in [1.29, 1.82) is 0 Å². The average molecular weight is 397 g/mol. The first-order valence-electron chi connectivity index (χ1n) is 8.55. The Morgan fingerprint density at radius 3 is 2.50 bits per heavy atom. The van der Waals surface area contributed by atoms with E-state index in [2.05, 4.69) is 10.3 Å². The van der Waals surface area contributed by atoms with Crippen LogP contribution in [0.5, 0.6) is 5.75 Å². The van der Waals surface area contributed by atoms with Gasteiger partial charge in [-0.25, -0.2) is 4.98 Å². The first-order chi connectivity index (χ1) is 13.3. The largest absolute Gasteiger partial charge is 0.483 e. The highest BCUT2D eigenvalue weighted by molar-refractivity contribution is 7.14. The molecule has 28 heavy (non-hydrogen) atoms. The highest BCUT2D eigenvalue weighted by Crippen LogP contribution is 2.27. The summed E-state index contributed by atoms with van der Waals surface area (Å²) in [6.45, 7) is 5.79. The number of carbonyl (C=O) groups excluding carboxylic acids is 1. The fraction of sp³-hybridized carbons (Fsp3) is 0.200. The maximum Gasteiger partial charge on any atom is 0.269 e. The Hall–Kier alpha value is -3.26. The van der Waals surface area contributed by atoms with Gasteiger partial charge in [0.15, 0.2) is 11.7 Å². The molecule has 0 unspecified atom stereocenters. The van der Waals surface area contributed by atoms with E-state index in [4.69, 9.17) is 4.74 Å². The van der Waals surface area contributed by atoms with Crippen molar-refractivity contribution in [3.05, 3.63) is 68.6 Å². The summed E-state index contributed by atoms with van der Waals surface area (Å²) in [5.74, 6) is 0.422. The monoisotopic (exact) mass is 397 g/mol. The third-order valence-corrected chi connectivity index (χ3v) is 5.10. The number of nitrogens with zero attached hydrogens (tertiary/aromatic N) is 2. The van der Waals surface area contributed by atoms with Crippen molar-refractivity contribution in [3.63, 3.8) is 0 Å². The molecule has 1 aromatic heterocycles. The third kappa shape index (κ3) is 4.34. The van der Waals surface area contributed by atoms with E-state index >= 15 is 0 Å².